The van der Waals surface area contributed by atoms with Gasteiger partial charge in [0.25, 0.3) is 5.91 Å². The normalized spacial score (nSPS) is 21.3. The minimum absolute atomic E-state index is 0.0210. The summed E-state index contributed by atoms with van der Waals surface area (Å²) in [7, 11) is 0. The maximum absolute atomic E-state index is 12.8. The van der Waals surface area contributed by atoms with Crippen molar-refractivity contribution in [2.75, 3.05) is 0 Å². The molecule has 0 N–H and O–H groups in total. The van der Waals surface area contributed by atoms with Crippen LogP contribution in [0.3, 0.4) is 0 Å². The lowest BCUT2D eigenvalue weighted by Crippen LogP contribution is -2.47. The van der Waals surface area contributed by atoms with E-state index in [9.17, 15) is 4.79 Å². The number of carbonyl (C=O) groups excluding carboxylic acids is 1. The number of aromatic nitrogens is 2. The fourth-order valence-corrected chi connectivity index (χ4v) is 3.64. The second kappa shape index (κ2) is 6.63. The number of hydrogen-bond donors (Lipinski definition) is 0. The SMILES string of the molecule is Cc1nn(Cc2ccc(C(=O)N3[C@H](C)CCC[C@@H]3C)o2)c(C)c1Cl. The van der Waals surface area contributed by atoms with Crippen LogP contribution in [0.25, 0.3) is 0 Å². The second-order valence-electron chi connectivity index (χ2n) is 6.75. The largest absolute Gasteiger partial charge is 0.454 e. The third-order valence-electron chi connectivity index (χ3n) is 4.90. The monoisotopic (exact) mass is 349 g/mol. The van der Waals surface area contributed by atoms with E-state index < -0.39 is 0 Å². The topological polar surface area (TPSA) is 51.3 Å². The van der Waals surface area contributed by atoms with Crippen molar-refractivity contribution < 1.29 is 9.21 Å². The standard InChI is InChI=1S/C18H24ClN3O2/c1-11-6-5-7-12(2)22(11)18(23)16-9-8-15(24-16)10-21-14(4)17(19)13(3)20-21/h8-9,11-12H,5-7,10H2,1-4H3/t11-,12+. The molecule has 130 valence electrons. The van der Waals surface area contributed by atoms with E-state index in [4.69, 9.17) is 16.0 Å². The summed E-state index contributed by atoms with van der Waals surface area (Å²) in [5.41, 5.74) is 1.70. The Kier molecular flexibility index (Phi) is 4.72. The predicted octanol–water partition coefficient (Wildman–Crippen LogP) is 4.20. The summed E-state index contributed by atoms with van der Waals surface area (Å²) in [5, 5.41) is 5.08. The van der Waals surface area contributed by atoms with E-state index in [2.05, 4.69) is 18.9 Å². The van der Waals surface area contributed by atoms with Crippen molar-refractivity contribution in [1.82, 2.24) is 14.7 Å². The van der Waals surface area contributed by atoms with Crippen LogP contribution in [-0.4, -0.2) is 32.7 Å². The molecule has 6 heteroatoms. The molecule has 1 fully saturated rings. The molecule has 0 spiro atoms. The van der Waals surface area contributed by atoms with Crippen molar-refractivity contribution in [3.8, 4) is 0 Å². The Balaban J connectivity index is 1.77. The van der Waals surface area contributed by atoms with Gasteiger partial charge in [-0.3, -0.25) is 9.48 Å². The maximum Gasteiger partial charge on any atom is 0.290 e. The number of hydrogen-bond acceptors (Lipinski definition) is 3. The number of furan rings is 1. The van der Waals surface area contributed by atoms with E-state index in [-0.39, 0.29) is 18.0 Å². The van der Waals surface area contributed by atoms with Gasteiger partial charge in [0.05, 0.1) is 23.0 Å². The molecular formula is C18H24ClN3O2. The summed E-state index contributed by atoms with van der Waals surface area (Å²) in [4.78, 5) is 14.8. The zero-order valence-corrected chi connectivity index (χ0v) is 15.4. The molecule has 1 amide bonds. The van der Waals surface area contributed by atoms with Gasteiger partial charge >= 0.3 is 0 Å². The Morgan fingerprint density at radius 3 is 2.54 bits per heavy atom. The number of nitrogens with zero attached hydrogens (tertiary/aromatic N) is 3. The van der Waals surface area contributed by atoms with Gasteiger partial charge in [-0.1, -0.05) is 11.6 Å². The number of piperidine rings is 1. The molecule has 3 rings (SSSR count). The number of aryl methyl sites for hydroxylation is 1. The number of amides is 1. The van der Waals surface area contributed by atoms with Crippen molar-refractivity contribution >= 4 is 17.5 Å². The third-order valence-corrected chi connectivity index (χ3v) is 5.45. The van der Waals surface area contributed by atoms with E-state index in [0.29, 0.717) is 23.1 Å². The van der Waals surface area contributed by atoms with Gasteiger partial charge in [0, 0.05) is 12.1 Å². The van der Waals surface area contributed by atoms with Gasteiger partial charge < -0.3 is 9.32 Å². The van der Waals surface area contributed by atoms with Gasteiger partial charge in [0.2, 0.25) is 0 Å². The average molecular weight is 350 g/mol. The Morgan fingerprint density at radius 2 is 1.96 bits per heavy atom. The van der Waals surface area contributed by atoms with E-state index in [1.807, 2.05) is 24.8 Å². The average Bonchev–Trinajstić information content (AvgIpc) is 3.09. The molecule has 1 aliphatic heterocycles. The smallest absolute Gasteiger partial charge is 0.290 e. The van der Waals surface area contributed by atoms with E-state index >= 15 is 0 Å². The molecule has 2 atom stereocenters. The fourth-order valence-electron chi connectivity index (χ4n) is 3.50. The van der Waals surface area contributed by atoms with Gasteiger partial charge in [-0.05, 0) is 59.1 Å². The Hall–Kier alpha value is -1.75. The van der Waals surface area contributed by atoms with Crippen molar-refractivity contribution in [2.24, 2.45) is 0 Å². The predicted molar refractivity (Wildman–Crippen MR) is 93.5 cm³/mol. The summed E-state index contributed by atoms with van der Waals surface area (Å²) >= 11 is 6.18. The first-order chi connectivity index (χ1) is 11.4. The first kappa shape index (κ1) is 17.1. The van der Waals surface area contributed by atoms with Crippen LogP contribution in [0.2, 0.25) is 5.02 Å². The minimum Gasteiger partial charge on any atom is -0.454 e. The van der Waals surface area contributed by atoms with Gasteiger partial charge in [0.15, 0.2) is 5.76 Å². The molecule has 24 heavy (non-hydrogen) atoms. The summed E-state index contributed by atoms with van der Waals surface area (Å²) in [6.45, 7) is 8.48. The van der Waals surface area contributed by atoms with Crippen molar-refractivity contribution in [3.05, 3.63) is 40.1 Å². The van der Waals surface area contributed by atoms with Crippen molar-refractivity contribution in [1.29, 1.82) is 0 Å². The lowest BCUT2D eigenvalue weighted by atomic mass is 9.97. The van der Waals surface area contributed by atoms with Gasteiger partial charge in [-0.2, -0.15) is 5.10 Å². The van der Waals surface area contributed by atoms with E-state index in [0.717, 1.165) is 24.2 Å². The molecule has 5 nitrogen and oxygen atoms in total. The van der Waals surface area contributed by atoms with Gasteiger partial charge in [0.1, 0.15) is 5.76 Å². The lowest BCUT2D eigenvalue weighted by molar-refractivity contribution is 0.0476. The molecular weight excluding hydrogens is 326 g/mol. The van der Waals surface area contributed by atoms with Gasteiger partial charge in [-0.15, -0.1) is 0 Å². The summed E-state index contributed by atoms with van der Waals surface area (Å²) in [6, 6.07) is 4.12. The molecule has 0 bridgehead atoms. The second-order valence-corrected chi connectivity index (χ2v) is 7.13. The van der Waals surface area contributed by atoms with Crippen LogP contribution in [0.5, 0.6) is 0 Å². The number of likely N-dealkylation sites (tertiary alicyclic amines) is 1. The molecule has 1 saturated heterocycles. The zero-order valence-electron chi connectivity index (χ0n) is 14.7. The Labute approximate surface area is 147 Å². The number of carbonyl (C=O) groups is 1. The van der Waals surface area contributed by atoms with Crippen LogP contribution in [0, 0.1) is 13.8 Å². The third kappa shape index (κ3) is 3.09. The van der Waals surface area contributed by atoms with Crippen LogP contribution in [0.4, 0.5) is 0 Å². The number of halogens is 1. The molecule has 0 aliphatic carbocycles. The van der Waals surface area contributed by atoms with Crippen molar-refractivity contribution in [3.63, 3.8) is 0 Å². The maximum atomic E-state index is 12.8. The van der Waals surface area contributed by atoms with Crippen molar-refractivity contribution in [2.45, 2.75) is 65.6 Å². The molecule has 0 unspecified atom stereocenters. The first-order valence-electron chi connectivity index (χ1n) is 8.49. The van der Waals surface area contributed by atoms with Crippen LogP contribution >= 0.6 is 11.6 Å². The zero-order chi connectivity index (χ0) is 17.4. The molecule has 2 aromatic rings. The fraction of sp³-hybridized carbons (Fsp3) is 0.556. The summed E-state index contributed by atoms with van der Waals surface area (Å²) < 4.78 is 7.61. The van der Waals surface area contributed by atoms with Crippen LogP contribution in [-0.2, 0) is 6.54 Å². The lowest BCUT2D eigenvalue weighted by Gasteiger charge is -2.38. The highest BCUT2D eigenvalue weighted by atomic mass is 35.5. The van der Waals surface area contributed by atoms with Crippen LogP contribution in [0.15, 0.2) is 16.5 Å². The Bertz CT molecular complexity index is 740. The molecule has 1 aliphatic rings. The van der Waals surface area contributed by atoms with E-state index in [1.165, 1.54) is 6.42 Å². The molecule has 2 aromatic heterocycles. The molecule has 0 aromatic carbocycles. The first-order valence-corrected chi connectivity index (χ1v) is 8.87. The minimum atomic E-state index is -0.0210. The molecule has 0 radical (unpaired) electrons. The molecule has 3 heterocycles. The van der Waals surface area contributed by atoms with Crippen LogP contribution < -0.4 is 0 Å². The number of rotatable bonds is 3. The van der Waals surface area contributed by atoms with E-state index in [1.54, 1.807) is 10.7 Å². The Morgan fingerprint density at radius 1 is 1.29 bits per heavy atom. The molecule has 0 saturated carbocycles. The highest BCUT2D eigenvalue weighted by Gasteiger charge is 2.31. The van der Waals surface area contributed by atoms with Crippen LogP contribution in [0.1, 0.15) is 60.8 Å². The highest BCUT2D eigenvalue weighted by molar-refractivity contribution is 6.31. The quantitative estimate of drug-likeness (QED) is 0.834. The van der Waals surface area contributed by atoms with Gasteiger partial charge in [-0.25, -0.2) is 0 Å². The highest BCUT2D eigenvalue weighted by Crippen LogP contribution is 2.26. The summed E-state index contributed by atoms with van der Waals surface area (Å²) in [6.07, 6.45) is 3.27. The summed E-state index contributed by atoms with van der Waals surface area (Å²) in [5.74, 6) is 1.09.